The van der Waals surface area contributed by atoms with Crippen molar-refractivity contribution in [3.63, 3.8) is 0 Å². The maximum atomic E-state index is 6.20. The molecule has 2 N–H and O–H groups in total. The molecular formula is C12H22N2S2. The zero-order valence-electron chi connectivity index (χ0n) is 10.8. The van der Waals surface area contributed by atoms with Crippen LogP contribution in [0.2, 0.25) is 0 Å². The van der Waals surface area contributed by atoms with E-state index >= 15 is 0 Å². The van der Waals surface area contributed by atoms with Crippen LogP contribution in [-0.2, 0) is 11.3 Å². The van der Waals surface area contributed by atoms with Gasteiger partial charge in [-0.05, 0) is 25.5 Å². The largest absolute Gasteiger partial charge is 0.321 e. The van der Waals surface area contributed by atoms with Gasteiger partial charge in [0, 0.05) is 16.2 Å². The Morgan fingerprint density at radius 1 is 1.44 bits per heavy atom. The summed E-state index contributed by atoms with van der Waals surface area (Å²) in [5.41, 5.74) is 7.11. The maximum Gasteiger partial charge on any atom is 0.103 e. The lowest BCUT2D eigenvalue weighted by Crippen LogP contribution is -2.28. The van der Waals surface area contributed by atoms with Crippen LogP contribution < -0.4 is 5.73 Å². The second kappa shape index (κ2) is 5.52. The number of hydrogen-bond acceptors (Lipinski definition) is 4. The molecule has 0 aromatic carbocycles. The number of thiazole rings is 1. The zero-order valence-corrected chi connectivity index (χ0v) is 12.5. The molecule has 2 nitrogen and oxygen atoms in total. The Labute approximate surface area is 107 Å². The number of rotatable bonds is 5. The molecule has 0 aliphatic rings. The van der Waals surface area contributed by atoms with Crippen LogP contribution in [-0.4, -0.2) is 10.7 Å². The third-order valence-electron chi connectivity index (χ3n) is 2.26. The zero-order chi connectivity index (χ0) is 12.3. The minimum absolute atomic E-state index is 0.271. The van der Waals surface area contributed by atoms with Crippen molar-refractivity contribution in [3.05, 3.63) is 15.6 Å². The highest BCUT2D eigenvalue weighted by Gasteiger charge is 2.24. The maximum absolute atomic E-state index is 6.20. The van der Waals surface area contributed by atoms with E-state index in [1.54, 1.807) is 11.3 Å². The molecule has 0 atom stereocenters. The highest BCUT2D eigenvalue weighted by atomic mass is 32.2. The average Bonchev–Trinajstić information content (AvgIpc) is 2.58. The van der Waals surface area contributed by atoms with Crippen molar-refractivity contribution < 1.29 is 0 Å². The van der Waals surface area contributed by atoms with E-state index in [4.69, 9.17) is 10.7 Å². The molecule has 4 heteroatoms. The van der Waals surface area contributed by atoms with E-state index in [0.717, 1.165) is 11.5 Å². The molecule has 0 unspecified atom stereocenters. The quantitative estimate of drug-likeness (QED) is 0.875. The van der Waals surface area contributed by atoms with Crippen molar-refractivity contribution in [2.45, 2.75) is 51.8 Å². The summed E-state index contributed by atoms with van der Waals surface area (Å²) in [7, 11) is 0. The summed E-state index contributed by atoms with van der Waals surface area (Å²) >= 11 is 3.69. The summed E-state index contributed by atoms with van der Waals surface area (Å²) < 4.78 is 0. The molecule has 1 heterocycles. The molecule has 0 spiro atoms. The standard InChI is InChI=1S/C12H22N2S2/c1-6-15-7-9-14-10(8(2)3)11(16-9)12(4,5)13/h8H,6-7,13H2,1-5H3. The van der Waals surface area contributed by atoms with Crippen LogP contribution in [0.5, 0.6) is 0 Å². The molecule has 0 aliphatic heterocycles. The molecule has 92 valence electrons. The van der Waals surface area contributed by atoms with Crippen molar-refractivity contribution in [2.75, 3.05) is 5.75 Å². The molecule has 1 aromatic rings. The second-order valence-electron chi connectivity index (χ2n) is 4.84. The molecule has 0 amide bonds. The Morgan fingerprint density at radius 2 is 2.06 bits per heavy atom. The van der Waals surface area contributed by atoms with Gasteiger partial charge in [0.15, 0.2) is 0 Å². The summed E-state index contributed by atoms with van der Waals surface area (Å²) in [4.78, 5) is 5.98. The van der Waals surface area contributed by atoms with Gasteiger partial charge in [0.1, 0.15) is 5.01 Å². The number of hydrogen-bond donors (Lipinski definition) is 1. The van der Waals surface area contributed by atoms with E-state index in [0.29, 0.717) is 5.92 Å². The monoisotopic (exact) mass is 258 g/mol. The van der Waals surface area contributed by atoms with E-state index in [1.165, 1.54) is 15.6 Å². The minimum Gasteiger partial charge on any atom is -0.321 e. The van der Waals surface area contributed by atoms with Crippen molar-refractivity contribution in [1.29, 1.82) is 0 Å². The SMILES string of the molecule is CCSCc1nc(C(C)C)c(C(C)(C)N)s1. The number of thioether (sulfide) groups is 1. The first-order valence-corrected chi connectivity index (χ1v) is 7.70. The van der Waals surface area contributed by atoms with Gasteiger partial charge in [-0.25, -0.2) is 4.98 Å². The molecule has 0 radical (unpaired) electrons. The summed E-state index contributed by atoms with van der Waals surface area (Å²) in [5.74, 6) is 2.60. The molecule has 0 fully saturated rings. The molecule has 0 bridgehead atoms. The van der Waals surface area contributed by atoms with Crippen LogP contribution in [0.1, 0.15) is 56.1 Å². The van der Waals surface area contributed by atoms with Gasteiger partial charge in [-0.1, -0.05) is 20.8 Å². The number of nitrogens with zero attached hydrogens (tertiary/aromatic N) is 1. The Bertz CT molecular complexity index is 337. The van der Waals surface area contributed by atoms with Gasteiger partial charge in [-0.3, -0.25) is 0 Å². The first-order chi connectivity index (χ1) is 7.36. The second-order valence-corrected chi connectivity index (χ2v) is 7.19. The molecule has 0 aliphatic carbocycles. The summed E-state index contributed by atoms with van der Waals surface area (Å²) in [6.45, 7) is 10.7. The Hall–Kier alpha value is -0.0600. The highest BCUT2D eigenvalue weighted by molar-refractivity contribution is 7.98. The Morgan fingerprint density at radius 3 is 2.44 bits per heavy atom. The normalized spacial score (nSPS) is 12.4. The van der Waals surface area contributed by atoms with Crippen LogP contribution in [0.15, 0.2) is 0 Å². The van der Waals surface area contributed by atoms with Crippen molar-refractivity contribution in [2.24, 2.45) is 5.73 Å². The van der Waals surface area contributed by atoms with E-state index in [-0.39, 0.29) is 5.54 Å². The smallest absolute Gasteiger partial charge is 0.103 e. The van der Waals surface area contributed by atoms with Crippen molar-refractivity contribution >= 4 is 23.1 Å². The predicted molar refractivity (Wildman–Crippen MR) is 75.3 cm³/mol. The van der Waals surface area contributed by atoms with Crippen LogP contribution in [0.25, 0.3) is 0 Å². The van der Waals surface area contributed by atoms with Gasteiger partial charge in [-0.2, -0.15) is 11.8 Å². The third kappa shape index (κ3) is 3.47. The average molecular weight is 258 g/mol. The van der Waals surface area contributed by atoms with Crippen molar-refractivity contribution in [3.8, 4) is 0 Å². The predicted octanol–water partition coefficient (Wildman–Crippen LogP) is 3.71. The number of aromatic nitrogens is 1. The molecule has 0 saturated carbocycles. The fourth-order valence-corrected chi connectivity index (χ4v) is 3.44. The van der Waals surface area contributed by atoms with Crippen LogP contribution in [0.4, 0.5) is 0 Å². The van der Waals surface area contributed by atoms with E-state index < -0.39 is 0 Å². The summed E-state index contributed by atoms with van der Waals surface area (Å²) in [6.07, 6.45) is 0. The van der Waals surface area contributed by atoms with E-state index in [2.05, 4.69) is 34.6 Å². The first-order valence-electron chi connectivity index (χ1n) is 5.73. The third-order valence-corrected chi connectivity index (χ3v) is 4.74. The topological polar surface area (TPSA) is 38.9 Å². The lowest BCUT2D eigenvalue weighted by atomic mass is 9.98. The van der Waals surface area contributed by atoms with E-state index in [9.17, 15) is 0 Å². The highest BCUT2D eigenvalue weighted by Crippen LogP contribution is 2.33. The molecule has 0 saturated heterocycles. The van der Waals surface area contributed by atoms with Gasteiger partial charge >= 0.3 is 0 Å². The molecule has 1 rings (SSSR count). The first kappa shape index (κ1) is 14.0. The van der Waals surface area contributed by atoms with E-state index in [1.807, 2.05) is 11.8 Å². The fraction of sp³-hybridized carbons (Fsp3) is 0.750. The van der Waals surface area contributed by atoms with Crippen LogP contribution >= 0.6 is 23.1 Å². The molecule has 1 aromatic heterocycles. The van der Waals surface area contributed by atoms with Gasteiger partial charge in [0.25, 0.3) is 0 Å². The lowest BCUT2D eigenvalue weighted by molar-refractivity contribution is 0.553. The minimum atomic E-state index is -0.271. The van der Waals surface area contributed by atoms with Gasteiger partial charge in [0.2, 0.25) is 0 Å². The van der Waals surface area contributed by atoms with Crippen LogP contribution in [0.3, 0.4) is 0 Å². The molecular weight excluding hydrogens is 236 g/mol. The van der Waals surface area contributed by atoms with Gasteiger partial charge in [-0.15, -0.1) is 11.3 Å². The van der Waals surface area contributed by atoms with Crippen molar-refractivity contribution in [1.82, 2.24) is 4.98 Å². The lowest BCUT2D eigenvalue weighted by Gasteiger charge is -2.19. The fourth-order valence-electron chi connectivity index (χ4n) is 1.48. The van der Waals surface area contributed by atoms with Gasteiger partial charge < -0.3 is 5.73 Å². The number of nitrogens with two attached hydrogens (primary N) is 1. The Balaban J connectivity index is 3.01. The molecule has 16 heavy (non-hydrogen) atoms. The van der Waals surface area contributed by atoms with Crippen LogP contribution in [0, 0.1) is 0 Å². The summed E-state index contributed by atoms with van der Waals surface area (Å²) in [6, 6.07) is 0. The van der Waals surface area contributed by atoms with Gasteiger partial charge in [0.05, 0.1) is 5.69 Å². The summed E-state index contributed by atoms with van der Waals surface area (Å²) in [5, 5.41) is 1.21. The Kier molecular flexibility index (Phi) is 4.83.